The maximum Gasteiger partial charge on any atom is 0.242 e. The molecule has 0 aliphatic carbocycles. The maximum absolute atomic E-state index is 13.3. The largest absolute Gasteiger partial charge is 0.368 e. The first-order chi connectivity index (χ1) is 8.96. The van der Waals surface area contributed by atoms with Crippen LogP contribution in [0.5, 0.6) is 0 Å². The predicted octanol–water partition coefficient (Wildman–Crippen LogP) is 1.19. The molecule has 0 spiro atoms. The number of amides is 1. The van der Waals surface area contributed by atoms with E-state index >= 15 is 0 Å². The van der Waals surface area contributed by atoms with Crippen LogP contribution in [0.15, 0.2) is 22.7 Å². The molecule has 4 nitrogen and oxygen atoms in total. The Morgan fingerprint density at radius 3 is 2.63 bits per heavy atom. The molecule has 2 rings (SSSR count). The highest BCUT2D eigenvalue weighted by molar-refractivity contribution is 9.10. The van der Waals surface area contributed by atoms with Gasteiger partial charge >= 0.3 is 0 Å². The number of rotatable bonds is 3. The van der Waals surface area contributed by atoms with Gasteiger partial charge in [-0.05, 0) is 40.5 Å². The molecule has 1 aromatic carbocycles. The van der Waals surface area contributed by atoms with E-state index in [4.69, 9.17) is 5.73 Å². The van der Waals surface area contributed by atoms with E-state index < -0.39 is 11.4 Å². The Morgan fingerprint density at radius 1 is 1.47 bits per heavy atom. The average molecular weight is 330 g/mol. The van der Waals surface area contributed by atoms with E-state index in [1.54, 1.807) is 19.1 Å². The fourth-order valence-electron chi connectivity index (χ4n) is 2.39. The summed E-state index contributed by atoms with van der Waals surface area (Å²) in [6.45, 7) is 4.87. The molecular formula is C13H17BrFN3O. The molecule has 1 saturated heterocycles. The second-order valence-electron chi connectivity index (χ2n) is 4.80. The van der Waals surface area contributed by atoms with E-state index in [-0.39, 0.29) is 5.82 Å². The Labute approximate surface area is 120 Å². The number of benzene rings is 1. The van der Waals surface area contributed by atoms with Crippen LogP contribution in [0.2, 0.25) is 0 Å². The summed E-state index contributed by atoms with van der Waals surface area (Å²) >= 11 is 3.15. The van der Waals surface area contributed by atoms with E-state index in [9.17, 15) is 9.18 Å². The maximum atomic E-state index is 13.3. The summed E-state index contributed by atoms with van der Waals surface area (Å²) in [4.78, 5) is 14.0. The molecule has 1 aliphatic rings. The van der Waals surface area contributed by atoms with E-state index in [1.165, 1.54) is 6.07 Å². The number of hydrogen-bond acceptors (Lipinski definition) is 3. The van der Waals surface area contributed by atoms with Crippen molar-refractivity contribution in [3.05, 3.63) is 34.1 Å². The topological polar surface area (TPSA) is 58.4 Å². The molecule has 1 atom stereocenters. The number of primary amides is 1. The minimum atomic E-state index is -0.918. The Morgan fingerprint density at radius 2 is 2.11 bits per heavy atom. The number of carbonyl (C=O) groups excluding carboxylic acids is 1. The number of nitrogens with two attached hydrogens (primary N) is 1. The van der Waals surface area contributed by atoms with Crippen LogP contribution in [0.3, 0.4) is 0 Å². The Kier molecular flexibility index (Phi) is 4.23. The summed E-state index contributed by atoms with van der Waals surface area (Å²) in [6.07, 6.45) is 0. The standard InChI is InChI=1S/C13H17BrFN3O/c1-13(12(16)19,18-6-4-17-5-7-18)9-2-3-11(15)10(14)8-9/h2-3,8,17H,4-7H2,1H3,(H2,16,19). The number of nitrogens with one attached hydrogen (secondary N) is 1. The fraction of sp³-hybridized carbons (Fsp3) is 0.462. The van der Waals surface area contributed by atoms with Crippen molar-refractivity contribution < 1.29 is 9.18 Å². The van der Waals surface area contributed by atoms with Gasteiger partial charge in [0.1, 0.15) is 11.4 Å². The molecule has 6 heteroatoms. The molecule has 1 unspecified atom stereocenters. The van der Waals surface area contributed by atoms with Crippen molar-refractivity contribution in [3.8, 4) is 0 Å². The third-order valence-corrected chi connectivity index (χ3v) is 4.32. The molecule has 0 bridgehead atoms. The summed E-state index contributed by atoms with van der Waals surface area (Å²) in [7, 11) is 0. The fourth-order valence-corrected chi connectivity index (χ4v) is 2.77. The summed E-state index contributed by atoms with van der Waals surface area (Å²) in [6, 6.07) is 4.60. The van der Waals surface area contributed by atoms with Crippen molar-refractivity contribution in [2.45, 2.75) is 12.5 Å². The second-order valence-corrected chi connectivity index (χ2v) is 5.66. The number of piperazine rings is 1. The first kappa shape index (κ1) is 14.4. The van der Waals surface area contributed by atoms with E-state index in [0.717, 1.165) is 26.2 Å². The lowest BCUT2D eigenvalue weighted by molar-refractivity contribution is -0.130. The smallest absolute Gasteiger partial charge is 0.242 e. The first-order valence-electron chi connectivity index (χ1n) is 6.17. The molecule has 3 N–H and O–H groups in total. The summed E-state index contributed by atoms with van der Waals surface area (Å²) in [5, 5.41) is 3.23. The van der Waals surface area contributed by atoms with Crippen molar-refractivity contribution in [1.82, 2.24) is 10.2 Å². The van der Waals surface area contributed by atoms with Crippen LogP contribution in [-0.4, -0.2) is 37.0 Å². The van der Waals surface area contributed by atoms with Gasteiger partial charge in [-0.2, -0.15) is 0 Å². The highest BCUT2D eigenvalue weighted by atomic mass is 79.9. The Bertz CT molecular complexity index is 491. The highest BCUT2D eigenvalue weighted by Gasteiger charge is 2.40. The van der Waals surface area contributed by atoms with Crippen LogP contribution >= 0.6 is 15.9 Å². The normalized spacial score (nSPS) is 19.9. The van der Waals surface area contributed by atoms with Gasteiger partial charge in [-0.25, -0.2) is 4.39 Å². The van der Waals surface area contributed by atoms with Gasteiger partial charge in [-0.15, -0.1) is 0 Å². The summed E-state index contributed by atoms with van der Waals surface area (Å²) < 4.78 is 13.7. The van der Waals surface area contributed by atoms with Gasteiger partial charge in [0.15, 0.2) is 0 Å². The van der Waals surface area contributed by atoms with Gasteiger partial charge in [0.05, 0.1) is 4.47 Å². The van der Waals surface area contributed by atoms with Crippen molar-refractivity contribution >= 4 is 21.8 Å². The number of hydrogen-bond donors (Lipinski definition) is 2. The predicted molar refractivity (Wildman–Crippen MR) is 75.1 cm³/mol. The molecule has 1 amide bonds. The van der Waals surface area contributed by atoms with Gasteiger partial charge in [-0.1, -0.05) is 6.07 Å². The van der Waals surface area contributed by atoms with Crippen molar-refractivity contribution in [3.63, 3.8) is 0 Å². The monoisotopic (exact) mass is 329 g/mol. The minimum Gasteiger partial charge on any atom is -0.368 e. The minimum absolute atomic E-state index is 0.340. The van der Waals surface area contributed by atoms with E-state index in [2.05, 4.69) is 21.2 Å². The second kappa shape index (κ2) is 5.56. The first-order valence-corrected chi connectivity index (χ1v) is 6.96. The zero-order chi connectivity index (χ0) is 14.0. The van der Waals surface area contributed by atoms with Crippen LogP contribution in [-0.2, 0) is 10.3 Å². The van der Waals surface area contributed by atoms with Crippen molar-refractivity contribution in [2.75, 3.05) is 26.2 Å². The average Bonchev–Trinajstić information content (AvgIpc) is 2.41. The number of carbonyl (C=O) groups is 1. The summed E-state index contributed by atoms with van der Waals surface area (Å²) in [5.74, 6) is -0.774. The lowest BCUT2D eigenvalue weighted by Crippen LogP contribution is -2.58. The highest BCUT2D eigenvalue weighted by Crippen LogP contribution is 2.31. The van der Waals surface area contributed by atoms with Crippen LogP contribution < -0.4 is 11.1 Å². The molecule has 104 valence electrons. The molecular weight excluding hydrogens is 313 g/mol. The van der Waals surface area contributed by atoms with Gasteiger partial charge in [-0.3, -0.25) is 9.69 Å². The van der Waals surface area contributed by atoms with Gasteiger partial charge in [0, 0.05) is 26.2 Å². The number of nitrogens with zero attached hydrogens (tertiary/aromatic N) is 1. The third-order valence-electron chi connectivity index (χ3n) is 3.71. The molecule has 1 fully saturated rings. The molecule has 19 heavy (non-hydrogen) atoms. The lowest BCUT2D eigenvalue weighted by atomic mass is 9.88. The molecule has 0 saturated carbocycles. The van der Waals surface area contributed by atoms with E-state index in [1.807, 2.05) is 4.90 Å². The Hall–Kier alpha value is -0.980. The van der Waals surface area contributed by atoms with Crippen LogP contribution in [0.1, 0.15) is 12.5 Å². The quantitative estimate of drug-likeness (QED) is 0.875. The third kappa shape index (κ3) is 2.66. The van der Waals surface area contributed by atoms with Crippen LogP contribution in [0, 0.1) is 5.82 Å². The molecule has 1 heterocycles. The van der Waals surface area contributed by atoms with Gasteiger partial charge in [0.2, 0.25) is 5.91 Å². The van der Waals surface area contributed by atoms with Crippen molar-refractivity contribution in [1.29, 1.82) is 0 Å². The summed E-state index contributed by atoms with van der Waals surface area (Å²) in [5.41, 5.74) is 5.40. The zero-order valence-corrected chi connectivity index (χ0v) is 12.3. The Balaban J connectivity index is 2.42. The lowest BCUT2D eigenvalue weighted by Gasteiger charge is -2.41. The van der Waals surface area contributed by atoms with E-state index in [0.29, 0.717) is 10.0 Å². The zero-order valence-electron chi connectivity index (χ0n) is 10.7. The molecule has 1 aromatic rings. The van der Waals surface area contributed by atoms with Crippen molar-refractivity contribution in [2.24, 2.45) is 5.73 Å². The molecule has 0 radical (unpaired) electrons. The van der Waals surface area contributed by atoms with Crippen LogP contribution in [0.4, 0.5) is 4.39 Å². The van der Waals surface area contributed by atoms with Crippen LogP contribution in [0.25, 0.3) is 0 Å². The van der Waals surface area contributed by atoms with Gasteiger partial charge < -0.3 is 11.1 Å². The molecule has 1 aliphatic heterocycles. The molecule has 0 aromatic heterocycles. The van der Waals surface area contributed by atoms with Gasteiger partial charge in [0.25, 0.3) is 0 Å². The number of halogens is 2. The SMILES string of the molecule is CC(C(N)=O)(c1ccc(F)c(Br)c1)N1CCNCC1.